The van der Waals surface area contributed by atoms with Gasteiger partial charge in [-0.3, -0.25) is 9.11 Å². The fourth-order valence-electron chi connectivity index (χ4n) is 1.88. The van der Waals surface area contributed by atoms with Gasteiger partial charge in [-0.15, -0.1) is 0 Å². The Labute approximate surface area is 126 Å². The van der Waals surface area contributed by atoms with Gasteiger partial charge in [0.25, 0.3) is 20.2 Å². The normalized spacial score (nSPS) is 12.3. The second kappa shape index (κ2) is 5.25. The van der Waals surface area contributed by atoms with Crippen molar-refractivity contribution in [3.05, 3.63) is 36.4 Å². The molecule has 0 unspecified atom stereocenters. The first-order valence-corrected chi connectivity index (χ1v) is 8.61. The van der Waals surface area contributed by atoms with Gasteiger partial charge in [0.05, 0.1) is 9.79 Å². The highest BCUT2D eigenvalue weighted by Crippen LogP contribution is 2.29. The lowest BCUT2D eigenvalue weighted by atomic mass is 10.0. The van der Waals surface area contributed by atoms with Gasteiger partial charge in [-0.05, 0) is 47.5 Å². The number of nitrogens with two attached hydrogens (primary N) is 2. The van der Waals surface area contributed by atoms with Gasteiger partial charge in [-0.25, -0.2) is 0 Å². The zero-order valence-electron chi connectivity index (χ0n) is 11.0. The molecule has 0 heterocycles. The summed E-state index contributed by atoms with van der Waals surface area (Å²) in [5, 5.41) is 0. The molecule has 0 aromatic heterocycles. The predicted molar refractivity (Wildman–Crippen MR) is 80.3 cm³/mol. The van der Waals surface area contributed by atoms with E-state index in [1.807, 2.05) is 0 Å². The van der Waals surface area contributed by atoms with E-state index < -0.39 is 30.0 Å². The molecular weight excluding hydrogens is 332 g/mol. The SMILES string of the molecule is Nc1cc(-c2cc(N)cc(S(=O)(=O)O)c2)cc(S(=O)(=O)O)c1. The third kappa shape index (κ3) is 3.54. The second-order valence-corrected chi connectivity index (χ2v) is 7.37. The highest BCUT2D eigenvalue weighted by Gasteiger charge is 2.15. The Kier molecular flexibility index (Phi) is 3.87. The summed E-state index contributed by atoms with van der Waals surface area (Å²) < 4.78 is 63.0. The largest absolute Gasteiger partial charge is 0.399 e. The van der Waals surface area contributed by atoms with E-state index in [0.29, 0.717) is 0 Å². The topological polar surface area (TPSA) is 161 Å². The van der Waals surface area contributed by atoms with Crippen molar-refractivity contribution in [2.45, 2.75) is 9.79 Å². The fourth-order valence-corrected chi connectivity index (χ4v) is 3.00. The Bertz CT molecular complexity index is 872. The van der Waals surface area contributed by atoms with Gasteiger partial charge in [-0.1, -0.05) is 0 Å². The zero-order valence-corrected chi connectivity index (χ0v) is 12.6. The van der Waals surface area contributed by atoms with E-state index in [0.717, 1.165) is 24.3 Å². The Morgan fingerprint density at radius 1 is 0.636 bits per heavy atom. The molecule has 0 radical (unpaired) electrons. The molecule has 0 atom stereocenters. The smallest absolute Gasteiger partial charge is 0.294 e. The molecule has 0 aliphatic carbocycles. The van der Waals surface area contributed by atoms with E-state index in [4.69, 9.17) is 20.6 Å². The molecule has 2 aromatic carbocycles. The van der Waals surface area contributed by atoms with Crippen molar-refractivity contribution in [3.63, 3.8) is 0 Å². The van der Waals surface area contributed by atoms with Crippen molar-refractivity contribution in [1.82, 2.24) is 0 Å². The van der Waals surface area contributed by atoms with Crippen molar-refractivity contribution < 1.29 is 25.9 Å². The van der Waals surface area contributed by atoms with Gasteiger partial charge in [0, 0.05) is 11.4 Å². The molecule has 10 heteroatoms. The Balaban J connectivity index is 2.72. The molecule has 22 heavy (non-hydrogen) atoms. The van der Waals surface area contributed by atoms with E-state index in [1.54, 1.807) is 0 Å². The molecule has 2 rings (SSSR count). The highest BCUT2D eigenvalue weighted by molar-refractivity contribution is 7.86. The molecule has 0 aliphatic rings. The second-order valence-electron chi connectivity index (χ2n) is 4.53. The molecular formula is C12H12N2O6S2. The maximum atomic E-state index is 11.2. The van der Waals surface area contributed by atoms with Crippen LogP contribution < -0.4 is 11.5 Å². The van der Waals surface area contributed by atoms with Crippen LogP contribution in [-0.4, -0.2) is 25.9 Å². The lowest BCUT2D eigenvalue weighted by Gasteiger charge is -2.09. The summed E-state index contributed by atoms with van der Waals surface area (Å²) in [4.78, 5) is -0.892. The van der Waals surface area contributed by atoms with E-state index in [1.165, 1.54) is 12.1 Å². The van der Waals surface area contributed by atoms with Crippen LogP contribution in [0.2, 0.25) is 0 Å². The maximum absolute atomic E-state index is 11.2. The average Bonchev–Trinajstić information content (AvgIpc) is 2.35. The number of benzene rings is 2. The van der Waals surface area contributed by atoms with E-state index >= 15 is 0 Å². The molecule has 6 N–H and O–H groups in total. The molecule has 0 bridgehead atoms. The molecule has 2 aromatic rings. The minimum atomic E-state index is -4.48. The van der Waals surface area contributed by atoms with Crippen LogP contribution in [0.4, 0.5) is 11.4 Å². The van der Waals surface area contributed by atoms with Crippen LogP contribution in [-0.2, 0) is 20.2 Å². The maximum Gasteiger partial charge on any atom is 0.294 e. The summed E-state index contributed by atoms with van der Waals surface area (Å²) in [6.45, 7) is 0. The van der Waals surface area contributed by atoms with Crippen molar-refractivity contribution in [2.24, 2.45) is 0 Å². The number of nitrogen functional groups attached to an aromatic ring is 2. The highest BCUT2D eigenvalue weighted by atomic mass is 32.2. The third-order valence-electron chi connectivity index (χ3n) is 2.79. The Morgan fingerprint density at radius 2 is 0.955 bits per heavy atom. The zero-order chi connectivity index (χ0) is 16.7. The van der Waals surface area contributed by atoms with Crippen LogP contribution >= 0.6 is 0 Å². The van der Waals surface area contributed by atoms with E-state index in [2.05, 4.69) is 0 Å². The van der Waals surface area contributed by atoms with Gasteiger partial charge in [0.2, 0.25) is 0 Å². The van der Waals surface area contributed by atoms with Crippen LogP contribution in [0.15, 0.2) is 46.2 Å². The van der Waals surface area contributed by atoms with Crippen LogP contribution in [0.1, 0.15) is 0 Å². The van der Waals surface area contributed by atoms with E-state index in [9.17, 15) is 16.8 Å². The first kappa shape index (κ1) is 16.2. The van der Waals surface area contributed by atoms with Gasteiger partial charge in [-0.2, -0.15) is 16.8 Å². The number of rotatable bonds is 3. The first-order chi connectivity index (χ1) is 9.96. The molecule has 0 spiro atoms. The molecule has 0 saturated heterocycles. The van der Waals surface area contributed by atoms with Gasteiger partial charge in [0.1, 0.15) is 0 Å². The van der Waals surface area contributed by atoms with Gasteiger partial charge < -0.3 is 11.5 Å². The monoisotopic (exact) mass is 344 g/mol. The predicted octanol–water partition coefficient (Wildman–Crippen LogP) is 1.01. The number of hydrogen-bond acceptors (Lipinski definition) is 6. The fraction of sp³-hybridized carbons (Fsp3) is 0. The minimum absolute atomic E-state index is 0.0426. The Hall–Kier alpha value is -2.14. The van der Waals surface area contributed by atoms with E-state index in [-0.39, 0.29) is 22.5 Å². The summed E-state index contributed by atoms with van der Waals surface area (Å²) in [5.74, 6) is 0. The average molecular weight is 344 g/mol. The number of hydrogen-bond donors (Lipinski definition) is 4. The van der Waals surface area contributed by atoms with Crippen molar-refractivity contribution in [1.29, 1.82) is 0 Å². The lowest BCUT2D eigenvalue weighted by Crippen LogP contribution is -2.02. The van der Waals surface area contributed by atoms with Crippen molar-refractivity contribution in [3.8, 4) is 11.1 Å². The minimum Gasteiger partial charge on any atom is -0.399 e. The first-order valence-electron chi connectivity index (χ1n) is 5.73. The molecule has 0 saturated carbocycles. The summed E-state index contributed by atoms with van der Waals surface area (Å²) in [7, 11) is -8.97. The molecule has 0 amide bonds. The Morgan fingerprint density at radius 3 is 1.23 bits per heavy atom. The van der Waals surface area contributed by atoms with Crippen LogP contribution in [0.3, 0.4) is 0 Å². The third-order valence-corrected chi connectivity index (χ3v) is 4.45. The summed E-state index contributed by atoms with van der Waals surface area (Å²) in [6.07, 6.45) is 0. The quantitative estimate of drug-likeness (QED) is 0.474. The van der Waals surface area contributed by atoms with Gasteiger partial charge >= 0.3 is 0 Å². The summed E-state index contributed by atoms with van der Waals surface area (Å²) >= 11 is 0. The van der Waals surface area contributed by atoms with Crippen LogP contribution in [0.5, 0.6) is 0 Å². The number of anilines is 2. The molecule has 0 fully saturated rings. The molecule has 118 valence electrons. The molecule has 0 aliphatic heterocycles. The molecule has 8 nitrogen and oxygen atoms in total. The standard InChI is InChI=1S/C12H12N2O6S2/c13-9-1-7(3-11(5-9)21(15,16)17)8-2-10(14)6-12(4-8)22(18,19)20/h1-6H,13-14H2,(H,15,16,17)(H,18,19,20). The van der Waals surface area contributed by atoms with Crippen molar-refractivity contribution in [2.75, 3.05) is 11.5 Å². The van der Waals surface area contributed by atoms with Crippen molar-refractivity contribution >= 4 is 31.6 Å². The van der Waals surface area contributed by atoms with Gasteiger partial charge in [0.15, 0.2) is 0 Å². The summed E-state index contributed by atoms with van der Waals surface area (Å²) in [6, 6.07) is 7.06. The van der Waals surface area contributed by atoms with Crippen LogP contribution in [0.25, 0.3) is 11.1 Å². The van der Waals surface area contributed by atoms with Crippen LogP contribution in [0, 0.1) is 0 Å². The summed E-state index contributed by atoms with van der Waals surface area (Å²) in [5.41, 5.74) is 11.7. The lowest BCUT2D eigenvalue weighted by molar-refractivity contribution is 0.481.